The predicted octanol–water partition coefficient (Wildman–Crippen LogP) is 0.859. The fraction of sp³-hybridized carbons (Fsp3) is 0.500. The molecule has 0 bridgehead atoms. The number of hydrogen-bond donors (Lipinski definition) is 2. The van der Waals surface area contributed by atoms with Gasteiger partial charge in [0.2, 0.25) is 5.91 Å². The molecular formula is C14H20N2O3. The highest BCUT2D eigenvalue weighted by Gasteiger charge is 2.28. The molecule has 104 valence electrons. The van der Waals surface area contributed by atoms with Gasteiger partial charge in [-0.05, 0) is 37.1 Å². The highest BCUT2D eigenvalue weighted by molar-refractivity contribution is 5.78. The Morgan fingerprint density at radius 3 is 2.79 bits per heavy atom. The van der Waals surface area contributed by atoms with Crippen molar-refractivity contribution in [3.05, 3.63) is 29.8 Å². The lowest BCUT2D eigenvalue weighted by molar-refractivity contribution is -0.149. The zero-order valence-corrected chi connectivity index (χ0v) is 10.9. The van der Waals surface area contributed by atoms with E-state index in [-0.39, 0.29) is 24.3 Å². The van der Waals surface area contributed by atoms with Gasteiger partial charge in [-0.3, -0.25) is 4.79 Å². The number of morpholine rings is 1. The van der Waals surface area contributed by atoms with Gasteiger partial charge in [-0.15, -0.1) is 0 Å². The maximum absolute atomic E-state index is 12.0. The first-order chi connectivity index (χ1) is 9.20. The molecule has 19 heavy (non-hydrogen) atoms. The van der Waals surface area contributed by atoms with Crippen molar-refractivity contribution in [2.45, 2.75) is 25.4 Å². The minimum Gasteiger partial charge on any atom is -0.508 e. The number of aromatic hydroxyl groups is 1. The summed E-state index contributed by atoms with van der Waals surface area (Å²) < 4.78 is 5.31. The smallest absolute Gasteiger partial charge is 0.249 e. The molecule has 1 aromatic rings. The minimum absolute atomic E-state index is 0.0151. The van der Waals surface area contributed by atoms with Crippen molar-refractivity contribution in [2.75, 3.05) is 19.8 Å². The number of nitrogens with two attached hydrogens (primary N) is 1. The van der Waals surface area contributed by atoms with E-state index in [4.69, 9.17) is 10.5 Å². The zero-order chi connectivity index (χ0) is 13.7. The third-order valence-corrected chi connectivity index (χ3v) is 3.33. The number of benzene rings is 1. The number of hydrogen-bond acceptors (Lipinski definition) is 4. The predicted molar refractivity (Wildman–Crippen MR) is 71.6 cm³/mol. The number of phenols is 1. The summed E-state index contributed by atoms with van der Waals surface area (Å²) in [4.78, 5) is 13.8. The van der Waals surface area contributed by atoms with Gasteiger partial charge in [0.1, 0.15) is 12.4 Å². The molecule has 1 aromatic carbocycles. The van der Waals surface area contributed by atoms with Crippen molar-refractivity contribution < 1.29 is 14.6 Å². The summed E-state index contributed by atoms with van der Waals surface area (Å²) in [5.74, 6) is 0.248. The van der Waals surface area contributed by atoms with Gasteiger partial charge in [-0.25, -0.2) is 0 Å². The lowest BCUT2D eigenvalue weighted by Crippen LogP contribution is -2.48. The summed E-state index contributed by atoms with van der Waals surface area (Å²) in [6, 6.07) is 7.03. The molecule has 1 fully saturated rings. The Morgan fingerprint density at radius 1 is 1.37 bits per heavy atom. The van der Waals surface area contributed by atoms with E-state index in [1.165, 1.54) is 0 Å². The van der Waals surface area contributed by atoms with Crippen molar-refractivity contribution in [1.29, 1.82) is 0 Å². The molecule has 1 unspecified atom stereocenters. The van der Waals surface area contributed by atoms with Crippen molar-refractivity contribution >= 4 is 5.91 Å². The Morgan fingerprint density at radius 2 is 2.11 bits per heavy atom. The second-order valence-corrected chi connectivity index (χ2v) is 4.79. The van der Waals surface area contributed by atoms with Crippen molar-refractivity contribution in [3.8, 4) is 5.75 Å². The van der Waals surface area contributed by atoms with Crippen LogP contribution in [-0.2, 0) is 16.1 Å². The molecule has 0 saturated carbocycles. The van der Waals surface area contributed by atoms with Gasteiger partial charge in [0.25, 0.3) is 0 Å². The summed E-state index contributed by atoms with van der Waals surface area (Å²) in [5.41, 5.74) is 6.53. The van der Waals surface area contributed by atoms with Crippen LogP contribution in [0.4, 0.5) is 0 Å². The zero-order valence-electron chi connectivity index (χ0n) is 10.9. The lowest BCUT2D eigenvalue weighted by atomic mass is 10.1. The quantitative estimate of drug-likeness (QED) is 0.827. The van der Waals surface area contributed by atoms with Crippen molar-refractivity contribution in [2.24, 2.45) is 5.73 Å². The van der Waals surface area contributed by atoms with Crippen LogP contribution in [0.5, 0.6) is 5.75 Å². The molecule has 0 aromatic heterocycles. The van der Waals surface area contributed by atoms with E-state index in [2.05, 4.69) is 0 Å². The molecule has 0 spiro atoms. The summed E-state index contributed by atoms with van der Waals surface area (Å²) in [6.45, 7) is 1.90. The van der Waals surface area contributed by atoms with Crippen LogP contribution in [0.15, 0.2) is 24.3 Å². The topological polar surface area (TPSA) is 75.8 Å². The SMILES string of the molecule is NCCCC1COCC(=O)N1Cc1ccc(O)cc1. The Labute approximate surface area is 113 Å². The second kappa shape index (κ2) is 6.54. The maximum atomic E-state index is 12.0. The Bertz CT molecular complexity index is 419. The monoisotopic (exact) mass is 264 g/mol. The number of ether oxygens (including phenoxy) is 1. The van der Waals surface area contributed by atoms with Crippen molar-refractivity contribution in [3.63, 3.8) is 0 Å². The molecule has 0 aliphatic carbocycles. The molecule has 3 N–H and O–H groups in total. The van der Waals surface area contributed by atoms with Gasteiger partial charge >= 0.3 is 0 Å². The summed E-state index contributed by atoms with van der Waals surface area (Å²) in [5, 5.41) is 9.27. The standard InChI is InChI=1S/C14H20N2O3/c15-7-1-2-12-9-19-10-14(18)16(12)8-11-3-5-13(17)6-4-11/h3-6,12,17H,1-2,7-10,15H2. The van der Waals surface area contributed by atoms with Crippen molar-refractivity contribution in [1.82, 2.24) is 4.90 Å². The Hall–Kier alpha value is -1.59. The average molecular weight is 264 g/mol. The van der Waals surface area contributed by atoms with Gasteiger partial charge in [-0.1, -0.05) is 12.1 Å². The van der Waals surface area contributed by atoms with Crippen LogP contribution >= 0.6 is 0 Å². The number of nitrogens with zero attached hydrogens (tertiary/aromatic N) is 1. The highest BCUT2D eigenvalue weighted by atomic mass is 16.5. The van der Waals surface area contributed by atoms with E-state index in [9.17, 15) is 9.90 Å². The normalized spacial score (nSPS) is 19.7. The Kier molecular flexibility index (Phi) is 4.76. The van der Waals surface area contributed by atoms with E-state index in [1.54, 1.807) is 12.1 Å². The molecule has 1 aliphatic rings. The number of carbonyl (C=O) groups excluding carboxylic acids is 1. The highest BCUT2D eigenvalue weighted by Crippen LogP contribution is 2.18. The molecule has 1 saturated heterocycles. The number of amides is 1. The van der Waals surface area contributed by atoms with Gasteiger partial charge < -0.3 is 20.5 Å². The van der Waals surface area contributed by atoms with Crippen LogP contribution in [0.1, 0.15) is 18.4 Å². The van der Waals surface area contributed by atoms with Crippen LogP contribution in [0.3, 0.4) is 0 Å². The fourth-order valence-electron chi connectivity index (χ4n) is 2.27. The van der Waals surface area contributed by atoms with Crippen LogP contribution in [0.25, 0.3) is 0 Å². The first-order valence-electron chi connectivity index (χ1n) is 6.56. The average Bonchev–Trinajstić information content (AvgIpc) is 2.42. The van der Waals surface area contributed by atoms with E-state index in [0.717, 1.165) is 18.4 Å². The minimum atomic E-state index is 0.0151. The van der Waals surface area contributed by atoms with E-state index in [1.807, 2.05) is 17.0 Å². The second-order valence-electron chi connectivity index (χ2n) is 4.79. The van der Waals surface area contributed by atoms with Crippen LogP contribution in [-0.4, -0.2) is 41.7 Å². The summed E-state index contributed by atoms with van der Waals surface area (Å²) >= 11 is 0. The van der Waals surface area contributed by atoms with E-state index >= 15 is 0 Å². The van der Waals surface area contributed by atoms with Crippen LogP contribution < -0.4 is 5.73 Å². The summed E-state index contributed by atoms with van der Waals surface area (Å²) in [6.07, 6.45) is 1.74. The number of phenolic OH excluding ortho intramolecular Hbond substituents is 1. The Balaban J connectivity index is 2.04. The molecule has 1 atom stereocenters. The molecule has 1 heterocycles. The molecule has 0 radical (unpaired) electrons. The molecule has 5 heteroatoms. The fourth-order valence-corrected chi connectivity index (χ4v) is 2.27. The van der Waals surface area contributed by atoms with Crippen LogP contribution in [0, 0.1) is 0 Å². The largest absolute Gasteiger partial charge is 0.508 e. The maximum Gasteiger partial charge on any atom is 0.249 e. The first-order valence-corrected chi connectivity index (χ1v) is 6.56. The van der Waals surface area contributed by atoms with Gasteiger partial charge in [0.05, 0.1) is 12.6 Å². The number of carbonyl (C=O) groups is 1. The number of rotatable bonds is 5. The van der Waals surface area contributed by atoms with E-state index < -0.39 is 0 Å². The molecule has 2 rings (SSSR count). The third kappa shape index (κ3) is 3.68. The van der Waals surface area contributed by atoms with Crippen LogP contribution in [0.2, 0.25) is 0 Å². The summed E-state index contributed by atoms with van der Waals surface area (Å²) in [7, 11) is 0. The van der Waals surface area contributed by atoms with Gasteiger partial charge in [0, 0.05) is 6.54 Å². The first kappa shape index (κ1) is 13.8. The van der Waals surface area contributed by atoms with Gasteiger partial charge in [0.15, 0.2) is 0 Å². The molecular weight excluding hydrogens is 244 g/mol. The molecule has 1 amide bonds. The molecule has 1 aliphatic heterocycles. The van der Waals surface area contributed by atoms with Gasteiger partial charge in [-0.2, -0.15) is 0 Å². The van der Waals surface area contributed by atoms with E-state index in [0.29, 0.717) is 19.7 Å². The third-order valence-electron chi connectivity index (χ3n) is 3.33. The molecule has 5 nitrogen and oxygen atoms in total. The lowest BCUT2D eigenvalue weighted by Gasteiger charge is -2.35.